The molecule has 2 N–H and O–H groups in total. The topological polar surface area (TPSA) is 44.4 Å². The van der Waals surface area contributed by atoms with Crippen LogP contribution in [-0.2, 0) is 4.79 Å². The highest BCUT2D eigenvalue weighted by molar-refractivity contribution is 5.78. The van der Waals surface area contributed by atoms with E-state index in [1.807, 2.05) is 0 Å². The molecule has 2 fully saturated rings. The number of carbonyl (C=O) groups excluding carboxylic acids is 1. The first-order valence-electron chi connectivity index (χ1n) is 6.96. The number of piperidine rings is 1. The Labute approximate surface area is 104 Å². The first-order valence-corrected chi connectivity index (χ1v) is 6.96. The van der Waals surface area contributed by atoms with Crippen molar-refractivity contribution in [2.24, 2.45) is 0 Å². The molecular weight excluding hydrogens is 214 g/mol. The van der Waals surface area contributed by atoms with E-state index in [9.17, 15) is 4.79 Å². The molecule has 1 atom stereocenters. The van der Waals surface area contributed by atoms with Gasteiger partial charge in [-0.3, -0.25) is 9.69 Å². The van der Waals surface area contributed by atoms with E-state index in [-0.39, 0.29) is 5.91 Å². The lowest BCUT2D eigenvalue weighted by Crippen LogP contribution is -2.48. The van der Waals surface area contributed by atoms with Crippen molar-refractivity contribution in [1.29, 1.82) is 0 Å². The van der Waals surface area contributed by atoms with E-state index in [4.69, 9.17) is 0 Å². The van der Waals surface area contributed by atoms with Gasteiger partial charge in [0, 0.05) is 18.6 Å². The van der Waals surface area contributed by atoms with Crippen molar-refractivity contribution in [3.8, 4) is 0 Å². The molecule has 4 heteroatoms. The van der Waals surface area contributed by atoms with Crippen LogP contribution in [0, 0.1) is 0 Å². The maximum atomic E-state index is 11.9. The van der Waals surface area contributed by atoms with E-state index in [1.54, 1.807) is 0 Å². The van der Waals surface area contributed by atoms with Crippen LogP contribution >= 0.6 is 0 Å². The van der Waals surface area contributed by atoms with Gasteiger partial charge in [0.25, 0.3) is 0 Å². The van der Waals surface area contributed by atoms with E-state index in [2.05, 4.69) is 22.6 Å². The third-order valence-corrected chi connectivity index (χ3v) is 4.01. The second-order valence-corrected chi connectivity index (χ2v) is 5.46. The van der Waals surface area contributed by atoms with Crippen LogP contribution in [0.4, 0.5) is 0 Å². The maximum absolute atomic E-state index is 11.9. The average molecular weight is 239 g/mol. The number of amides is 1. The molecular formula is C13H25N3O. The monoisotopic (exact) mass is 239 g/mol. The SMILES string of the molecule is CN(CC(=O)NC1CCCC1)C1CCCNC1. The molecule has 1 aliphatic heterocycles. The lowest BCUT2D eigenvalue weighted by Gasteiger charge is -2.31. The lowest BCUT2D eigenvalue weighted by atomic mass is 10.1. The molecule has 0 aromatic heterocycles. The van der Waals surface area contributed by atoms with Gasteiger partial charge in [-0.05, 0) is 39.3 Å². The van der Waals surface area contributed by atoms with Crippen molar-refractivity contribution in [3.63, 3.8) is 0 Å². The molecule has 0 spiro atoms. The van der Waals surface area contributed by atoms with Crippen LogP contribution < -0.4 is 10.6 Å². The molecule has 2 rings (SSSR count). The molecule has 2 aliphatic rings. The first kappa shape index (κ1) is 12.8. The van der Waals surface area contributed by atoms with Gasteiger partial charge >= 0.3 is 0 Å². The predicted molar refractivity (Wildman–Crippen MR) is 68.9 cm³/mol. The molecule has 1 aliphatic carbocycles. The molecule has 0 bridgehead atoms. The Morgan fingerprint density at radius 1 is 1.29 bits per heavy atom. The highest BCUT2D eigenvalue weighted by atomic mass is 16.2. The van der Waals surface area contributed by atoms with Crippen LogP contribution in [-0.4, -0.2) is 49.6 Å². The zero-order valence-electron chi connectivity index (χ0n) is 10.9. The normalized spacial score (nSPS) is 26.4. The van der Waals surface area contributed by atoms with Gasteiger partial charge in [-0.1, -0.05) is 12.8 Å². The van der Waals surface area contributed by atoms with Gasteiger partial charge in [0.1, 0.15) is 0 Å². The highest BCUT2D eigenvalue weighted by Gasteiger charge is 2.21. The molecule has 98 valence electrons. The van der Waals surface area contributed by atoms with Gasteiger partial charge in [0.05, 0.1) is 6.54 Å². The van der Waals surface area contributed by atoms with Crippen molar-refractivity contribution >= 4 is 5.91 Å². The first-order chi connectivity index (χ1) is 8.25. The zero-order chi connectivity index (χ0) is 12.1. The Morgan fingerprint density at radius 3 is 2.71 bits per heavy atom. The van der Waals surface area contributed by atoms with E-state index >= 15 is 0 Å². The minimum Gasteiger partial charge on any atom is -0.352 e. The fraction of sp³-hybridized carbons (Fsp3) is 0.923. The maximum Gasteiger partial charge on any atom is 0.234 e. The molecule has 1 saturated carbocycles. The largest absolute Gasteiger partial charge is 0.352 e. The predicted octanol–water partition coefficient (Wildman–Crippen LogP) is 0.729. The van der Waals surface area contributed by atoms with Crippen molar-refractivity contribution in [2.75, 3.05) is 26.7 Å². The number of nitrogens with zero attached hydrogens (tertiary/aromatic N) is 1. The second kappa shape index (κ2) is 6.36. The summed E-state index contributed by atoms with van der Waals surface area (Å²) in [6.07, 6.45) is 7.31. The van der Waals surface area contributed by atoms with E-state index in [0.29, 0.717) is 18.6 Å². The third kappa shape index (κ3) is 3.96. The zero-order valence-corrected chi connectivity index (χ0v) is 10.9. The summed E-state index contributed by atoms with van der Waals surface area (Å²) in [6.45, 7) is 2.69. The van der Waals surface area contributed by atoms with E-state index < -0.39 is 0 Å². The van der Waals surface area contributed by atoms with Crippen LogP contribution in [0.5, 0.6) is 0 Å². The summed E-state index contributed by atoms with van der Waals surface area (Å²) in [7, 11) is 2.06. The number of likely N-dealkylation sites (N-methyl/N-ethyl adjacent to an activating group) is 1. The molecule has 1 unspecified atom stereocenters. The van der Waals surface area contributed by atoms with Crippen LogP contribution in [0.15, 0.2) is 0 Å². The average Bonchev–Trinajstić information content (AvgIpc) is 2.82. The molecule has 1 saturated heterocycles. The summed E-state index contributed by atoms with van der Waals surface area (Å²) in [6, 6.07) is 0.971. The van der Waals surface area contributed by atoms with Crippen LogP contribution in [0.2, 0.25) is 0 Å². The minimum absolute atomic E-state index is 0.199. The Morgan fingerprint density at radius 2 is 2.06 bits per heavy atom. The molecule has 0 aromatic carbocycles. The van der Waals surface area contributed by atoms with Crippen LogP contribution in [0.25, 0.3) is 0 Å². The highest BCUT2D eigenvalue weighted by Crippen LogP contribution is 2.17. The van der Waals surface area contributed by atoms with Gasteiger partial charge in [-0.25, -0.2) is 0 Å². The summed E-state index contributed by atoms with van der Waals surface area (Å²) < 4.78 is 0. The van der Waals surface area contributed by atoms with Gasteiger partial charge in [0.15, 0.2) is 0 Å². The number of nitrogens with one attached hydrogen (secondary N) is 2. The fourth-order valence-corrected chi connectivity index (χ4v) is 2.91. The third-order valence-electron chi connectivity index (χ3n) is 4.01. The van der Waals surface area contributed by atoms with Gasteiger partial charge in [-0.2, -0.15) is 0 Å². The number of rotatable bonds is 4. The molecule has 0 aromatic rings. The van der Waals surface area contributed by atoms with E-state index in [0.717, 1.165) is 13.1 Å². The van der Waals surface area contributed by atoms with Gasteiger partial charge in [0.2, 0.25) is 5.91 Å². The number of hydrogen-bond donors (Lipinski definition) is 2. The smallest absolute Gasteiger partial charge is 0.234 e. The minimum atomic E-state index is 0.199. The summed E-state index contributed by atoms with van der Waals surface area (Å²) in [5.41, 5.74) is 0. The van der Waals surface area contributed by atoms with Gasteiger partial charge < -0.3 is 10.6 Å². The second-order valence-electron chi connectivity index (χ2n) is 5.46. The molecule has 17 heavy (non-hydrogen) atoms. The van der Waals surface area contributed by atoms with Gasteiger partial charge in [-0.15, -0.1) is 0 Å². The molecule has 1 heterocycles. The van der Waals surface area contributed by atoms with Crippen LogP contribution in [0.3, 0.4) is 0 Å². The molecule has 4 nitrogen and oxygen atoms in total. The fourth-order valence-electron chi connectivity index (χ4n) is 2.91. The van der Waals surface area contributed by atoms with Crippen molar-refractivity contribution in [3.05, 3.63) is 0 Å². The Bertz CT molecular complexity index is 245. The summed E-state index contributed by atoms with van der Waals surface area (Å²) >= 11 is 0. The molecule has 1 amide bonds. The summed E-state index contributed by atoms with van der Waals surface area (Å²) in [5, 5.41) is 6.54. The summed E-state index contributed by atoms with van der Waals surface area (Å²) in [4.78, 5) is 14.1. The summed E-state index contributed by atoms with van der Waals surface area (Å²) in [5.74, 6) is 0.199. The number of carbonyl (C=O) groups is 1. The Balaban J connectivity index is 1.69. The van der Waals surface area contributed by atoms with Crippen molar-refractivity contribution in [2.45, 2.75) is 50.6 Å². The number of hydrogen-bond acceptors (Lipinski definition) is 3. The van der Waals surface area contributed by atoms with E-state index in [1.165, 1.54) is 38.5 Å². The van der Waals surface area contributed by atoms with Crippen molar-refractivity contribution in [1.82, 2.24) is 15.5 Å². The molecule has 0 radical (unpaired) electrons. The van der Waals surface area contributed by atoms with Crippen LogP contribution in [0.1, 0.15) is 38.5 Å². The van der Waals surface area contributed by atoms with Crippen molar-refractivity contribution < 1.29 is 4.79 Å². The Hall–Kier alpha value is -0.610. The lowest BCUT2D eigenvalue weighted by molar-refractivity contribution is -0.123. The Kier molecular flexibility index (Phi) is 4.80. The quantitative estimate of drug-likeness (QED) is 0.760. The standard InChI is InChI=1S/C13H25N3O/c1-16(12-7-4-8-14-9-12)10-13(17)15-11-5-2-3-6-11/h11-12,14H,2-10H2,1H3,(H,15,17).